The van der Waals surface area contributed by atoms with Crippen molar-refractivity contribution in [2.24, 2.45) is 0 Å². The van der Waals surface area contributed by atoms with Gasteiger partial charge < -0.3 is 10.2 Å². The second-order valence-electron chi connectivity index (χ2n) is 7.16. The van der Waals surface area contributed by atoms with Gasteiger partial charge in [0.25, 0.3) is 23.2 Å². The summed E-state index contributed by atoms with van der Waals surface area (Å²) in [6, 6.07) is 9.90. The predicted octanol–water partition coefficient (Wildman–Crippen LogP) is 2.85. The molecule has 2 aromatic rings. The van der Waals surface area contributed by atoms with Crippen LogP contribution in [0.2, 0.25) is 0 Å². The molecule has 0 saturated carbocycles. The summed E-state index contributed by atoms with van der Waals surface area (Å²) >= 11 is 0. The Labute approximate surface area is 171 Å². The van der Waals surface area contributed by atoms with E-state index in [0.29, 0.717) is 31.5 Å². The smallest absolute Gasteiger partial charge is 0.277 e. The van der Waals surface area contributed by atoms with Crippen LogP contribution in [0.15, 0.2) is 42.5 Å². The molecule has 10 heteroatoms. The summed E-state index contributed by atoms with van der Waals surface area (Å²) in [7, 11) is 0. The molecule has 1 aliphatic rings. The molecule has 0 atom stereocenters. The third-order valence-corrected chi connectivity index (χ3v) is 5.00. The number of nitro benzene ring substituents is 2. The zero-order chi connectivity index (χ0) is 21.8. The monoisotopic (exact) mass is 412 g/mol. The van der Waals surface area contributed by atoms with Gasteiger partial charge in [0.05, 0.1) is 21.5 Å². The number of hydrogen-bond donors (Lipinski definition) is 1. The predicted molar refractivity (Wildman–Crippen MR) is 107 cm³/mol. The standard InChI is InChI=1S/C20H20N4O6/c1-13-2-4-14(5-3-13)20(26)22-8-6-16(7-9-22)21-19(25)15-10-17(23(27)28)12-18(11-15)24(29)30/h2-5,10-12,16H,6-9H2,1H3,(H,21,25). The minimum absolute atomic E-state index is 0.0749. The first-order valence-corrected chi connectivity index (χ1v) is 9.35. The van der Waals surface area contributed by atoms with E-state index in [1.54, 1.807) is 17.0 Å². The number of rotatable bonds is 5. The molecule has 0 bridgehead atoms. The molecule has 1 aliphatic heterocycles. The highest BCUT2D eigenvalue weighted by Gasteiger charge is 2.26. The molecule has 1 fully saturated rings. The average molecular weight is 412 g/mol. The fraction of sp³-hybridized carbons (Fsp3) is 0.300. The summed E-state index contributed by atoms with van der Waals surface area (Å²) in [4.78, 5) is 47.2. The summed E-state index contributed by atoms with van der Waals surface area (Å²) in [6.45, 7) is 2.85. The van der Waals surface area contributed by atoms with Crippen LogP contribution in [-0.2, 0) is 0 Å². The highest BCUT2D eigenvalue weighted by atomic mass is 16.6. The molecule has 0 spiro atoms. The zero-order valence-corrected chi connectivity index (χ0v) is 16.2. The summed E-state index contributed by atoms with van der Waals surface area (Å²) < 4.78 is 0. The minimum Gasteiger partial charge on any atom is -0.349 e. The van der Waals surface area contributed by atoms with Gasteiger partial charge in [-0.2, -0.15) is 0 Å². The number of carbonyl (C=O) groups excluding carboxylic acids is 2. The van der Waals surface area contributed by atoms with Crippen LogP contribution < -0.4 is 5.32 Å². The van der Waals surface area contributed by atoms with Crippen molar-refractivity contribution in [1.29, 1.82) is 0 Å². The molecule has 3 rings (SSSR count). The van der Waals surface area contributed by atoms with Crippen LogP contribution in [-0.4, -0.2) is 45.7 Å². The molecule has 10 nitrogen and oxygen atoms in total. The Kier molecular flexibility index (Phi) is 6.05. The fourth-order valence-corrected chi connectivity index (χ4v) is 3.31. The number of carbonyl (C=O) groups is 2. The van der Waals surface area contributed by atoms with Gasteiger partial charge in [0, 0.05) is 36.8 Å². The van der Waals surface area contributed by atoms with E-state index in [1.807, 2.05) is 19.1 Å². The molecule has 2 aromatic carbocycles. The van der Waals surface area contributed by atoms with Gasteiger partial charge in [-0.25, -0.2) is 0 Å². The van der Waals surface area contributed by atoms with E-state index in [-0.39, 0.29) is 17.5 Å². The van der Waals surface area contributed by atoms with E-state index in [2.05, 4.69) is 5.32 Å². The van der Waals surface area contributed by atoms with Gasteiger partial charge in [-0.1, -0.05) is 17.7 Å². The highest BCUT2D eigenvalue weighted by Crippen LogP contribution is 2.23. The van der Waals surface area contributed by atoms with E-state index >= 15 is 0 Å². The lowest BCUT2D eigenvalue weighted by atomic mass is 10.0. The number of piperidine rings is 1. The first-order valence-electron chi connectivity index (χ1n) is 9.35. The van der Waals surface area contributed by atoms with Crippen molar-refractivity contribution in [2.45, 2.75) is 25.8 Å². The Bertz CT molecular complexity index is 965. The molecule has 2 amide bonds. The Morgan fingerprint density at radius 1 is 0.933 bits per heavy atom. The molecular formula is C20H20N4O6. The van der Waals surface area contributed by atoms with Crippen molar-refractivity contribution in [3.63, 3.8) is 0 Å². The number of amides is 2. The second kappa shape index (κ2) is 8.68. The Balaban J connectivity index is 1.63. The summed E-state index contributed by atoms with van der Waals surface area (Å²) in [6.07, 6.45) is 1.03. The number of nitrogens with zero attached hydrogens (tertiary/aromatic N) is 3. The van der Waals surface area contributed by atoms with E-state index in [9.17, 15) is 29.8 Å². The molecule has 1 N–H and O–H groups in total. The van der Waals surface area contributed by atoms with Crippen molar-refractivity contribution in [2.75, 3.05) is 13.1 Å². The van der Waals surface area contributed by atoms with E-state index < -0.39 is 27.1 Å². The maximum Gasteiger partial charge on any atom is 0.277 e. The lowest BCUT2D eigenvalue weighted by molar-refractivity contribution is -0.394. The topological polar surface area (TPSA) is 136 Å². The number of nitro groups is 2. The van der Waals surface area contributed by atoms with E-state index in [1.165, 1.54) is 0 Å². The van der Waals surface area contributed by atoms with Gasteiger partial charge in [-0.3, -0.25) is 29.8 Å². The van der Waals surface area contributed by atoms with Crippen molar-refractivity contribution >= 4 is 23.2 Å². The van der Waals surface area contributed by atoms with E-state index in [0.717, 1.165) is 23.8 Å². The Hall–Kier alpha value is -3.82. The van der Waals surface area contributed by atoms with Gasteiger partial charge >= 0.3 is 0 Å². The van der Waals surface area contributed by atoms with Crippen LogP contribution in [0.1, 0.15) is 39.1 Å². The molecule has 30 heavy (non-hydrogen) atoms. The van der Waals surface area contributed by atoms with Crippen LogP contribution >= 0.6 is 0 Å². The Morgan fingerprint density at radius 2 is 1.47 bits per heavy atom. The first-order chi connectivity index (χ1) is 14.2. The molecule has 0 aromatic heterocycles. The normalized spacial score (nSPS) is 14.2. The van der Waals surface area contributed by atoms with Crippen LogP contribution in [0.3, 0.4) is 0 Å². The fourth-order valence-electron chi connectivity index (χ4n) is 3.31. The summed E-state index contributed by atoms with van der Waals surface area (Å²) in [5, 5.41) is 24.7. The third-order valence-electron chi connectivity index (χ3n) is 5.00. The lowest BCUT2D eigenvalue weighted by Crippen LogP contribution is -2.46. The number of aryl methyl sites for hydroxylation is 1. The summed E-state index contributed by atoms with van der Waals surface area (Å²) in [5.74, 6) is -0.695. The van der Waals surface area contributed by atoms with Crippen molar-refractivity contribution in [1.82, 2.24) is 10.2 Å². The lowest BCUT2D eigenvalue weighted by Gasteiger charge is -2.32. The molecular weight excluding hydrogens is 392 g/mol. The van der Waals surface area contributed by atoms with Crippen molar-refractivity contribution in [3.8, 4) is 0 Å². The quantitative estimate of drug-likeness (QED) is 0.592. The van der Waals surface area contributed by atoms with Crippen molar-refractivity contribution < 1.29 is 19.4 Å². The van der Waals surface area contributed by atoms with Crippen LogP contribution in [0.5, 0.6) is 0 Å². The molecule has 0 aliphatic carbocycles. The first kappa shape index (κ1) is 20.9. The summed E-state index contributed by atoms with van der Waals surface area (Å²) in [5.41, 5.74) is 0.483. The number of nitrogens with one attached hydrogen (secondary N) is 1. The van der Waals surface area contributed by atoms with Gasteiger partial charge in [-0.05, 0) is 31.9 Å². The van der Waals surface area contributed by atoms with Crippen LogP contribution in [0.4, 0.5) is 11.4 Å². The van der Waals surface area contributed by atoms with Gasteiger partial charge in [0.2, 0.25) is 0 Å². The van der Waals surface area contributed by atoms with Gasteiger partial charge in [0.15, 0.2) is 0 Å². The molecule has 1 saturated heterocycles. The number of hydrogen-bond acceptors (Lipinski definition) is 6. The number of likely N-dealkylation sites (tertiary alicyclic amines) is 1. The van der Waals surface area contributed by atoms with Crippen LogP contribution in [0, 0.1) is 27.2 Å². The van der Waals surface area contributed by atoms with E-state index in [4.69, 9.17) is 0 Å². The number of non-ortho nitro benzene ring substituents is 2. The van der Waals surface area contributed by atoms with Crippen molar-refractivity contribution in [3.05, 3.63) is 79.4 Å². The zero-order valence-electron chi connectivity index (χ0n) is 16.2. The maximum atomic E-state index is 12.6. The SMILES string of the molecule is Cc1ccc(C(=O)N2CCC(NC(=O)c3cc([N+](=O)[O-])cc([N+](=O)[O-])c3)CC2)cc1. The van der Waals surface area contributed by atoms with Crippen LogP contribution in [0.25, 0.3) is 0 Å². The molecule has 1 heterocycles. The number of benzene rings is 2. The molecule has 0 radical (unpaired) electrons. The second-order valence-corrected chi connectivity index (χ2v) is 7.16. The van der Waals surface area contributed by atoms with Gasteiger partial charge in [0.1, 0.15) is 0 Å². The average Bonchev–Trinajstić information content (AvgIpc) is 2.74. The molecule has 0 unspecified atom stereocenters. The third kappa shape index (κ3) is 4.77. The Morgan fingerprint density at radius 3 is 1.97 bits per heavy atom. The van der Waals surface area contributed by atoms with Gasteiger partial charge in [-0.15, -0.1) is 0 Å². The largest absolute Gasteiger partial charge is 0.349 e. The highest BCUT2D eigenvalue weighted by molar-refractivity contribution is 5.96. The minimum atomic E-state index is -0.779. The molecule has 156 valence electrons. The maximum absolute atomic E-state index is 12.6.